The molecule has 2 aromatic carbocycles. The Morgan fingerprint density at radius 2 is 2.06 bits per heavy atom. The largest absolute Gasteiger partial charge is 0.489 e. The average molecular weight is 472 g/mol. The highest BCUT2D eigenvalue weighted by Crippen LogP contribution is 2.24. The third-order valence-corrected chi connectivity index (χ3v) is 6.55. The first-order valence-corrected chi connectivity index (χ1v) is 11.9. The summed E-state index contributed by atoms with van der Waals surface area (Å²) in [7, 11) is 0. The topological polar surface area (TPSA) is 77.7 Å². The lowest BCUT2D eigenvalue weighted by atomic mass is 9.95. The molecule has 0 spiro atoms. The maximum Gasteiger partial charge on any atom is 0.254 e. The molecule has 0 N–H and O–H groups in total. The third kappa shape index (κ3) is 5.20. The van der Waals surface area contributed by atoms with Crippen LogP contribution in [-0.4, -0.2) is 47.3 Å². The highest BCUT2D eigenvalue weighted by atomic mass is 16.5. The van der Waals surface area contributed by atoms with E-state index in [0.717, 1.165) is 28.8 Å². The van der Waals surface area contributed by atoms with Gasteiger partial charge in [-0.25, -0.2) is 0 Å². The van der Waals surface area contributed by atoms with Gasteiger partial charge in [-0.3, -0.25) is 9.78 Å². The lowest BCUT2D eigenvalue weighted by Crippen LogP contribution is -2.36. The number of nitrogens with zero attached hydrogens (tertiary/aromatic N) is 3. The van der Waals surface area contributed by atoms with Crippen molar-refractivity contribution in [3.8, 4) is 5.75 Å². The minimum Gasteiger partial charge on any atom is -0.489 e. The molecule has 1 atom stereocenters. The van der Waals surface area contributed by atoms with E-state index in [1.165, 1.54) is 10.9 Å². The normalized spacial score (nSPS) is 16.3. The monoisotopic (exact) mass is 471 g/mol. The van der Waals surface area contributed by atoms with Gasteiger partial charge in [0.05, 0.1) is 24.5 Å². The fourth-order valence-corrected chi connectivity index (χ4v) is 4.63. The summed E-state index contributed by atoms with van der Waals surface area (Å²) in [5.41, 5.74) is 3.60. The number of aromatic nitrogens is 2. The van der Waals surface area contributed by atoms with Crippen LogP contribution in [0.4, 0.5) is 0 Å². The Morgan fingerprint density at radius 3 is 2.91 bits per heavy atom. The second-order valence-corrected chi connectivity index (χ2v) is 9.03. The van der Waals surface area contributed by atoms with E-state index < -0.39 is 0 Å². The smallest absolute Gasteiger partial charge is 0.254 e. The van der Waals surface area contributed by atoms with Gasteiger partial charge in [0.25, 0.3) is 5.91 Å². The third-order valence-electron chi connectivity index (χ3n) is 6.55. The highest BCUT2D eigenvalue weighted by molar-refractivity contribution is 5.94. The van der Waals surface area contributed by atoms with Gasteiger partial charge in [-0.05, 0) is 55.5 Å². The van der Waals surface area contributed by atoms with Crippen LogP contribution in [0.2, 0.25) is 0 Å². The summed E-state index contributed by atoms with van der Waals surface area (Å²) in [6, 6.07) is 15.7. The van der Waals surface area contributed by atoms with E-state index in [-0.39, 0.29) is 11.8 Å². The van der Waals surface area contributed by atoms with Crippen LogP contribution in [0.3, 0.4) is 0 Å². The average Bonchev–Trinajstić information content (AvgIpc) is 3.06. The summed E-state index contributed by atoms with van der Waals surface area (Å²) in [5, 5.41) is 6.29. The molecule has 1 amide bonds. The van der Waals surface area contributed by atoms with Crippen molar-refractivity contribution < 1.29 is 18.8 Å². The van der Waals surface area contributed by atoms with E-state index >= 15 is 0 Å². The lowest BCUT2D eigenvalue weighted by molar-refractivity contribution is 0.0737. The maximum absolute atomic E-state index is 13.4. The van der Waals surface area contributed by atoms with E-state index in [4.69, 9.17) is 14.0 Å². The van der Waals surface area contributed by atoms with Gasteiger partial charge < -0.3 is 18.9 Å². The van der Waals surface area contributed by atoms with Gasteiger partial charge in [0.15, 0.2) is 0 Å². The molecule has 0 aliphatic carbocycles. The summed E-state index contributed by atoms with van der Waals surface area (Å²) in [6.45, 7) is 6.48. The van der Waals surface area contributed by atoms with Crippen LogP contribution in [0, 0.1) is 19.8 Å². The zero-order valence-corrected chi connectivity index (χ0v) is 20.1. The van der Waals surface area contributed by atoms with Crippen LogP contribution in [0.25, 0.3) is 10.8 Å². The van der Waals surface area contributed by atoms with E-state index in [1.807, 2.05) is 49.3 Å². The summed E-state index contributed by atoms with van der Waals surface area (Å²) < 4.78 is 17.1. The summed E-state index contributed by atoms with van der Waals surface area (Å²) in [4.78, 5) is 19.6. The van der Waals surface area contributed by atoms with Gasteiger partial charge in [0.1, 0.15) is 18.1 Å². The van der Waals surface area contributed by atoms with Crippen LogP contribution in [0.5, 0.6) is 5.75 Å². The zero-order valence-electron chi connectivity index (χ0n) is 20.1. The SMILES string of the molecule is Cc1noc(C)c1COc1cccc(C(=O)N2CCOC[C@@H](Cc3cccc4cnccc34)C2)c1. The van der Waals surface area contributed by atoms with Crippen LogP contribution in [0.15, 0.2) is 65.4 Å². The van der Waals surface area contributed by atoms with E-state index in [0.29, 0.717) is 44.2 Å². The number of fused-ring (bicyclic) bond motifs is 1. The first kappa shape index (κ1) is 23.1. The van der Waals surface area contributed by atoms with E-state index in [9.17, 15) is 4.79 Å². The summed E-state index contributed by atoms with van der Waals surface area (Å²) in [6.07, 6.45) is 4.55. The molecule has 4 aromatic rings. The van der Waals surface area contributed by atoms with E-state index in [1.54, 1.807) is 6.07 Å². The van der Waals surface area contributed by atoms with Crippen molar-refractivity contribution >= 4 is 16.7 Å². The predicted molar refractivity (Wildman–Crippen MR) is 132 cm³/mol. The molecule has 3 heterocycles. The minimum absolute atomic E-state index is 0.00888. The molecule has 1 aliphatic rings. The number of aryl methyl sites for hydroxylation is 2. The molecule has 7 nitrogen and oxygen atoms in total. The van der Waals surface area contributed by atoms with Crippen LogP contribution >= 0.6 is 0 Å². The van der Waals surface area contributed by atoms with Gasteiger partial charge in [-0.1, -0.05) is 29.4 Å². The summed E-state index contributed by atoms with van der Waals surface area (Å²) in [5.74, 6) is 1.58. The molecule has 5 rings (SSSR count). The van der Waals surface area contributed by atoms with E-state index in [2.05, 4.69) is 34.4 Å². The molecule has 2 aromatic heterocycles. The zero-order chi connectivity index (χ0) is 24.2. The number of ether oxygens (including phenoxy) is 2. The van der Waals surface area contributed by atoms with Crippen LogP contribution in [-0.2, 0) is 17.8 Å². The molecular formula is C28H29N3O4. The standard InChI is InChI=1S/C28H29N3O4/c1-19-27(20(2)35-30-19)18-34-25-8-4-6-23(14-25)28(32)31-11-12-33-17-21(16-31)13-22-5-3-7-24-15-29-10-9-26(22)24/h3-10,14-15,21H,11-13,16-18H2,1-2H3/t21-/m0/s1. The Morgan fingerprint density at radius 1 is 1.17 bits per heavy atom. The highest BCUT2D eigenvalue weighted by Gasteiger charge is 2.24. The quantitative estimate of drug-likeness (QED) is 0.404. The molecule has 0 unspecified atom stereocenters. The maximum atomic E-state index is 13.4. The molecule has 1 saturated heterocycles. The molecule has 0 saturated carbocycles. The van der Waals surface area contributed by atoms with Crippen molar-refractivity contribution in [3.05, 3.63) is 89.1 Å². The fraction of sp³-hybridized carbons (Fsp3) is 0.321. The lowest BCUT2D eigenvalue weighted by Gasteiger charge is -2.24. The first-order chi connectivity index (χ1) is 17.1. The van der Waals surface area contributed by atoms with Gasteiger partial charge >= 0.3 is 0 Å². The van der Waals surface area contributed by atoms with Gasteiger partial charge in [-0.2, -0.15) is 0 Å². The van der Waals surface area contributed by atoms with Gasteiger partial charge in [0, 0.05) is 42.4 Å². The second-order valence-electron chi connectivity index (χ2n) is 9.03. The molecule has 1 fully saturated rings. The number of pyridine rings is 1. The molecule has 7 heteroatoms. The Bertz CT molecular complexity index is 1310. The molecule has 35 heavy (non-hydrogen) atoms. The number of carbonyl (C=O) groups is 1. The number of carbonyl (C=O) groups excluding carboxylic acids is 1. The first-order valence-electron chi connectivity index (χ1n) is 11.9. The van der Waals surface area contributed by atoms with Crippen molar-refractivity contribution in [3.63, 3.8) is 0 Å². The van der Waals surface area contributed by atoms with Crippen molar-refractivity contribution in [1.29, 1.82) is 0 Å². The number of hydrogen-bond acceptors (Lipinski definition) is 6. The fourth-order valence-electron chi connectivity index (χ4n) is 4.63. The Balaban J connectivity index is 1.28. The molecule has 0 radical (unpaired) electrons. The van der Waals surface area contributed by atoms with Crippen molar-refractivity contribution in [1.82, 2.24) is 15.0 Å². The molecule has 1 aliphatic heterocycles. The second kappa shape index (κ2) is 10.3. The number of amides is 1. The van der Waals surface area contributed by atoms with Crippen LogP contribution in [0.1, 0.15) is 32.9 Å². The molecule has 0 bridgehead atoms. The Labute approximate surface area is 204 Å². The van der Waals surface area contributed by atoms with Crippen molar-refractivity contribution in [2.75, 3.05) is 26.3 Å². The van der Waals surface area contributed by atoms with Gasteiger partial charge in [-0.15, -0.1) is 0 Å². The van der Waals surface area contributed by atoms with Crippen molar-refractivity contribution in [2.45, 2.75) is 26.9 Å². The number of rotatable bonds is 6. The predicted octanol–water partition coefficient (Wildman–Crippen LogP) is 4.75. The summed E-state index contributed by atoms with van der Waals surface area (Å²) >= 11 is 0. The van der Waals surface area contributed by atoms with Crippen LogP contribution < -0.4 is 4.74 Å². The number of hydrogen-bond donors (Lipinski definition) is 0. The van der Waals surface area contributed by atoms with Gasteiger partial charge in [0.2, 0.25) is 0 Å². The number of benzene rings is 2. The Hall–Kier alpha value is -3.71. The van der Waals surface area contributed by atoms with Crippen molar-refractivity contribution in [2.24, 2.45) is 5.92 Å². The minimum atomic E-state index is -0.00888. The molecule has 180 valence electrons. The Kier molecular flexibility index (Phi) is 6.77. The molecular weight excluding hydrogens is 442 g/mol.